The number of carboxylic acids is 1. The van der Waals surface area contributed by atoms with Gasteiger partial charge in [0.25, 0.3) is 0 Å². The number of nitriles is 1. The Bertz CT molecular complexity index is 319. The Hall–Kier alpha value is -1.22. The van der Waals surface area contributed by atoms with Crippen LogP contribution in [0.1, 0.15) is 25.7 Å². The van der Waals surface area contributed by atoms with Crippen molar-refractivity contribution in [3.05, 3.63) is 0 Å². The third-order valence-corrected chi connectivity index (χ3v) is 3.64. The van der Waals surface area contributed by atoms with Gasteiger partial charge in [-0.25, -0.2) is 0 Å². The van der Waals surface area contributed by atoms with Gasteiger partial charge in [0.05, 0.1) is 23.5 Å². The van der Waals surface area contributed by atoms with Crippen molar-refractivity contribution in [3.8, 4) is 6.07 Å². The number of thioether (sulfide) groups is 1. The first-order valence-corrected chi connectivity index (χ1v) is 6.75. The monoisotopic (exact) mass is 256 g/mol. The highest BCUT2D eigenvalue weighted by Crippen LogP contribution is 2.24. The average molecular weight is 256 g/mol. The minimum Gasteiger partial charge on any atom is -0.481 e. The Morgan fingerprint density at radius 3 is 2.53 bits per heavy atom. The Morgan fingerprint density at radius 2 is 2.00 bits per heavy atom. The number of carbonyl (C=O) groups excluding carboxylic acids is 1. The molecule has 0 radical (unpaired) electrons. The molecule has 0 saturated heterocycles. The molecule has 17 heavy (non-hydrogen) atoms. The fraction of sp³-hybridized carbons (Fsp3) is 0.727. The number of amides is 1. The van der Waals surface area contributed by atoms with Gasteiger partial charge in [-0.3, -0.25) is 9.59 Å². The molecule has 1 aliphatic carbocycles. The second kappa shape index (κ2) is 7.17. The van der Waals surface area contributed by atoms with E-state index in [4.69, 9.17) is 10.4 Å². The first-order valence-electron chi connectivity index (χ1n) is 5.60. The van der Waals surface area contributed by atoms with E-state index < -0.39 is 5.97 Å². The molecule has 0 unspecified atom stereocenters. The van der Waals surface area contributed by atoms with Crippen molar-refractivity contribution < 1.29 is 14.7 Å². The minimum atomic E-state index is -0.737. The van der Waals surface area contributed by atoms with Gasteiger partial charge < -0.3 is 10.4 Å². The molecule has 6 heteroatoms. The maximum absolute atomic E-state index is 11.4. The van der Waals surface area contributed by atoms with E-state index in [2.05, 4.69) is 5.32 Å². The fourth-order valence-electron chi connectivity index (χ4n) is 1.94. The quantitative estimate of drug-likeness (QED) is 0.716. The Morgan fingerprint density at radius 1 is 1.35 bits per heavy atom. The van der Waals surface area contributed by atoms with E-state index in [0.717, 1.165) is 12.8 Å². The van der Waals surface area contributed by atoms with E-state index in [1.165, 1.54) is 11.8 Å². The Balaban J connectivity index is 2.19. The third-order valence-electron chi connectivity index (χ3n) is 2.84. The van der Waals surface area contributed by atoms with Crippen molar-refractivity contribution in [3.63, 3.8) is 0 Å². The van der Waals surface area contributed by atoms with Crippen LogP contribution in [0.2, 0.25) is 0 Å². The van der Waals surface area contributed by atoms with E-state index in [9.17, 15) is 9.59 Å². The van der Waals surface area contributed by atoms with Crippen LogP contribution in [0.3, 0.4) is 0 Å². The Labute approximate surface area is 105 Å². The van der Waals surface area contributed by atoms with Gasteiger partial charge in [0.2, 0.25) is 5.91 Å². The number of aliphatic carboxylic acids is 1. The van der Waals surface area contributed by atoms with Gasteiger partial charge in [0.15, 0.2) is 0 Å². The number of nitrogens with one attached hydrogen (secondary N) is 1. The molecule has 1 fully saturated rings. The summed E-state index contributed by atoms with van der Waals surface area (Å²) in [7, 11) is 0. The molecule has 0 aliphatic heterocycles. The van der Waals surface area contributed by atoms with Crippen LogP contribution in [0.25, 0.3) is 0 Å². The molecule has 2 N–H and O–H groups in total. The van der Waals surface area contributed by atoms with Gasteiger partial charge in [0, 0.05) is 6.04 Å². The van der Waals surface area contributed by atoms with E-state index >= 15 is 0 Å². The van der Waals surface area contributed by atoms with Crippen LogP contribution < -0.4 is 5.32 Å². The van der Waals surface area contributed by atoms with Crippen molar-refractivity contribution in [1.82, 2.24) is 5.32 Å². The maximum atomic E-state index is 11.4. The largest absolute Gasteiger partial charge is 0.481 e. The SMILES string of the molecule is N#CCSCC(=O)NC1CCC(C(=O)O)CC1. The zero-order chi connectivity index (χ0) is 12.7. The number of carbonyl (C=O) groups is 2. The summed E-state index contributed by atoms with van der Waals surface area (Å²) in [5.74, 6) is -0.439. The summed E-state index contributed by atoms with van der Waals surface area (Å²) < 4.78 is 0. The highest BCUT2D eigenvalue weighted by molar-refractivity contribution is 8.00. The first kappa shape index (κ1) is 13.8. The van der Waals surface area contributed by atoms with Gasteiger partial charge in [0.1, 0.15) is 0 Å². The lowest BCUT2D eigenvalue weighted by Crippen LogP contribution is -2.39. The second-order valence-electron chi connectivity index (χ2n) is 4.11. The number of hydrogen-bond acceptors (Lipinski definition) is 4. The van der Waals surface area contributed by atoms with Crippen LogP contribution in [0.5, 0.6) is 0 Å². The van der Waals surface area contributed by atoms with Crippen LogP contribution in [-0.2, 0) is 9.59 Å². The predicted molar refractivity (Wildman–Crippen MR) is 64.5 cm³/mol. The van der Waals surface area contributed by atoms with E-state index in [-0.39, 0.29) is 17.9 Å². The summed E-state index contributed by atoms with van der Waals surface area (Å²) in [5, 5.41) is 20.0. The zero-order valence-electron chi connectivity index (χ0n) is 9.52. The Kier molecular flexibility index (Phi) is 5.84. The lowest BCUT2D eigenvalue weighted by Gasteiger charge is -2.26. The molecular weight excluding hydrogens is 240 g/mol. The summed E-state index contributed by atoms with van der Waals surface area (Å²) in [6.45, 7) is 0. The molecular formula is C11H16N2O3S. The lowest BCUT2D eigenvalue weighted by molar-refractivity contribution is -0.142. The molecule has 0 atom stereocenters. The zero-order valence-corrected chi connectivity index (χ0v) is 10.3. The molecule has 1 amide bonds. The highest BCUT2D eigenvalue weighted by Gasteiger charge is 2.26. The maximum Gasteiger partial charge on any atom is 0.306 e. The second-order valence-corrected chi connectivity index (χ2v) is 5.09. The van der Waals surface area contributed by atoms with Crippen molar-refractivity contribution in [2.24, 2.45) is 5.92 Å². The summed E-state index contributed by atoms with van der Waals surface area (Å²) in [6, 6.07) is 2.06. The fourth-order valence-corrected chi connectivity index (χ4v) is 2.41. The molecule has 0 aromatic heterocycles. The number of rotatable bonds is 5. The van der Waals surface area contributed by atoms with Gasteiger partial charge in [-0.15, -0.1) is 11.8 Å². The van der Waals surface area contributed by atoms with Crippen molar-refractivity contribution in [2.75, 3.05) is 11.5 Å². The molecule has 94 valence electrons. The number of nitrogens with zero attached hydrogens (tertiary/aromatic N) is 1. The van der Waals surface area contributed by atoms with E-state index in [0.29, 0.717) is 24.3 Å². The van der Waals surface area contributed by atoms with E-state index in [1.54, 1.807) is 0 Å². The predicted octanol–water partition coefficient (Wildman–Crippen LogP) is 1.00. The van der Waals surface area contributed by atoms with Crippen molar-refractivity contribution in [1.29, 1.82) is 5.26 Å². The van der Waals surface area contributed by atoms with Crippen molar-refractivity contribution >= 4 is 23.6 Å². The molecule has 1 aliphatic rings. The molecule has 1 saturated carbocycles. The normalized spacial score (nSPS) is 23.7. The number of carboxylic acid groups (broad SMARTS) is 1. The highest BCUT2D eigenvalue weighted by atomic mass is 32.2. The van der Waals surface area contributed by atoms with Crippen LogP contribution >= 0.6 is 11.8 Å². The number of hydrogen-bond donors (Lipinski definition) is 2. The van der Waals surface area contributed by atoms with Crippen LogP contribution in [-0.4, -0.2) is 34.5 Å². The standard InChI is InChI=1S/C11H16N2O3S/c12-5-6-17-7-10(14)13-9-3-1-8(2-4-9)11(15)16/h8-9H,1-4,6-7H2,(H,13,14)(H,15,16). The topological polar surface area (TPSA) is 90.2 Å². The molecule has 1 rings (SSSR count). The molecule has 0 aromatic rings. The molecule has 5 nitrogen and oxygen atoms in total. The minimum absolute atomic E-state index is 0.0657. The van der Waals surface area contributed by atoms with Crippen LogP contribution in [0, 0.1) is 17.2 Å². The van der Waals surface area contributed by atoms with Gasteiger partial charge in [-0.2, -0.15) is 5.26 Å². The molecule has 0 heterocycles. The molecule has 0 bridgehead atoms. The summed E-state index contributed by atoms with van der Waals surface area (Å²) in [5.41, 5.74) is 0. The summed E-state index contributed by atoms with van der Waals surface area (Å²) >= 11 is 1.29. The van der Waals surface area contributed by atoms with E-state index in [1.807, 2.05) is 6.07 Å². The first-order chi connectivity index (χ1) is 8.13. The third kappa shape index (κ3) is 5.09. The van der Waals surface area contributed by atoms with Gasteiger partial charge in [-0.1, -0.05) is 0 Å². The van der Waals surface area contributed by atoms with Crippen molar-refractivity contribution in [2.45, 2.75) is 31.7 Å². The van der Waals surface area contributed by atoms with Gasteiger partial charge in [-0.05, 0) is 25.7 Å². The molecule has 0 spiro atoms. The molecule has 0 aromatic carbocycles. The van der Waals surface area contributed by atoms with Gasteiger partial charge >= 0.3 is 5.97 Å². The summed E-state index contributed by atoms with van der Waals surface area (Å²) in [6.07, 6.45) is 2.72. The average Bonchev–Trinajstić information content (AvgIpc) is 2.30. The van der Waals surface area contributed by atoms with Crippen LogP contribution in [0.15, 0.2) is 0 Å². The van der Waals surface area contributed by atoms with Crippen LogP contribution in [0.4, 0.5) is 0 Å². The smallest absolute Gasteiger partial charge is 0.306 e. The summed E-state index contributed by atoms with van der Waals surface area (Å²) in [4.78, 5) is 22.2. The lowest BCUT2D eigenvalue weighted by atomic mass is 9.86.